The predicted octanol–water partition coefficient (Wildman–Crippen LogP) is 2.11. The molecular weight excluding hydrogens is 247 g/mol. The highest BCUT2D eigenvalue weighted by atomic mass is 19.3. The van der Waals surface area contributed by atoms with Crippen LogP contribution in [-0.2, 0) is 0 Å². The molecule has 0 radical (unpaired) electrons. The summed E-state index contributed by atoms with van der Waals surface area (Å²) < 4.78 is 42.2. The number of aliphatic hydroxyl groups is 1. The van der Waals surface area contributed by atoms with Crippen molar-refractivity contribution in [1.29, 1.82) is 0 Å². The molecule has 1 aromatic rings. The smallest absolute Gasteiger partial charge is 0.265 e. The van der Waals surface area contributed by atoms with Gasteiger partial charge >= 0.3 is 0 Å². The molecule has 0 spiro atoms. The lowest BCUT2D eigenvalue weighted by molar-refractivity contribution is -0.00439. The first-order valence-corrected chi connectivity index (χ1v) is 5.48. The second kappa shape index (κ2) is 6.61. The Hall–Kier alpha value is -1.27. The van der Waals surface area contributed by atoms with E-state index in [1.54, 1.807) is 6.92 Å². The minimum absolute atomic E-state index is 0.0931. The molecule has 18 heavy (non-hydrogen) atoms. The molecule has 0 aliphatic rings. The van der Waals surface area contributed by atoms with E-state index in [2.05, 4.69) is 5.32 Å². The average molecular weight is 263 g/mol. The lowest BCUT2D eigenvalue weighted by Crippen LogP contribution is -2.33. The third-order valence-electron chi connectivity index (χ3n) is 2.60. The molecule has 2 unspecified atom stereocenters. The van der Waals surface area contributed by atoms with Gasteiger partial charge in [0.25, 0.3) is 6.43 Å². The molecular formula is C12H16F3NO2. The van der Waals surface area contributed by atoms with Crippen LogP contribution >= 0.6 is 0 Å². The van der Waals surface area contributed by atoms with Crippen LogP contribution < -0.4 is 10.1 Å². The van der Waals surface area contributed by atoms with E-state index < -0.39 is 18.3 Å². The summed E-state index contributed by atoms with van der Waals surface area (Å²) in [6.07, 6.45) is -4.50. The van der Waals surface area contributed by atoms with Crippen molar-refractivity contribution in [2.45, 2.75) is 25.5 Å². The highest BCUT2D eigenvalue weighted by Crippen LogP contribution is 2.22. The first-order chi connectivity index (χ1) is 8.45. The normalized spacial score (nSPS) is 14.6. The van der Waals surface area contributed by atoms with E-state index in [-0.39, 0.29) is 18.3 Å². The number of hydrogen-bond donors (Lipinski definition) is 2. The molecule has 0 aliphatic carbocycles. The summed E-state index contributed by atoms with van der Waals surface area (Å²) in [5, 5.41) is 11.7. The van der Waals surface area contributed by atoms with E-state index in [1.165, 1.54) is 25.3 Å². The van der Waals surface area contributed by atoms with Crippen LogP contribution in [0.2, 0.25) is 0 Å². The van der Waals surface area contributed by atoms with Gasteiger partial charge in [-0.2, -0.15) is 0 Å². The third-order valence-corrected chi connectivity index (χ3v) is 2.60. The van der Waals surface area contributed by atoms with Crippen molar-refractivity contribution >= 4 is 0 Å². The van der Waals surface area contributed by atoms with Crippen LogP contribution in [0.5, 0.6) is 5.75 Å². The Bertz CT molecular complexity index is 388. The van der Waals surface area contributed by atoms with Gasteiger partial charge in [0.05, 0.1) is 7.11 Å². The molecule has 6 heteroatoms. The number of halogens is 3. The van der Waals surface area contributed by atoms with E-state index >= 15 is 0 Å². The van der Waals surface area contributed by atoms with Gasteiger partial charge in [-0.05, 0) is 24.6 Å². The summed E-state index contributed by atoms with van der Waals surface area (Å²) in [4.78, 5) is 0. The van der Waals surface area contributed by atoms with Crippen LogP contribution in [-0.4, -0.2) is 31.3 Å². The Morgan fingerprint density at radius 2 is 2.06 bits per heavy atom. The molecule has 0 saturated carbocycles. The number of rotatable bonds is 6. The maximum Gasteiger partial charge on any atom is 0.265 e. The zero-order valence-electron chi connectivity index (χ0n) is 10.2. The zero-order valence-corrected chi connectivity index (χ0v) is 10.2. The van der Waals surface area contributed by atoms with Crippen molar-refractivity contribution in [3.63, 3.8) is 0 Å². The number of alkyl halides is 2. The largest absolute Gasteiger partial charge is 0.494 e. The minimum Gasteiger partial charge on any atom is -0.494 e. The van der Waals surface area contributed by atoms with Gasteiger partial charge in [-0.3, -0.25) is 0 Å². The molecule has 1 rings (SSSR count). The molecule has 0 bridgehead atoms. The Morgan fingerprint density at radius 1 is 1.39 bits per heavy atom. The molecule has 2 atom stereocenters. The fourth-order valence-electron chi connectivity index (χ4n) is 1.45. The average Bonchev–Trinajstić information content (AvgIpc) is 2.35. The number of ether oxygens (including phenoxy) is 1. The van der Waals surface area contributed by atoms with Gasteiger partial charge in [0.2, 0.25) is 0 Å². The highest BCUT2D eigenvalue weighted by Gasteiger charge is 2.18. The summed E-state index contributed by atoms with van der Waals surface area (Å²) in [5.74, 6) is -0.392. The Kier molecular flexibility index (Phi) is 5.43. The Labute approximate surface area is 104 Å². The maximum absolute atomic E-state index is 13.2. The zero-order chi connectivity index (χ0) is 13.7. The van der Waals surface area contributed by atoms with E-state index in [9.17, 15) is 13.2 Å². The number of methoxy groups -OCH3 is 1. The second-order valence-electron chi connectivity index (χ2n) is 3.93. The third kappa shape index (κ3) is 3.89. The van der Waals surface area contributed by atoms with Crippen LogP contribution in [0.1, 0.15) is 18.5 Å². The van der Waals surface area contributed by atoms with Crippen molar-refractivity contribution in [1.82, 2.24) is 5.32 Å². The number of benzene rings is 1. The predicted molar refractivity (Wildman–Crippen MR) is 61.4 cm³/mol. The van der Waals surface area contributed by atoms with E-state index in [1.807, 2.05) is 0 Å². The monoisotopic (exact) mass is 263 g/mol. The fraction of sp³-hybridized carbons (Fsp3) is 0.500. The van der Waals surface area contributed by atoms with Gasteiger partial charge in [-0.15, -0.1) is 0 Å². The lowest BCUT2D eigenvalue weighted by atomic mass is 10.1. The van der Waals surface area contributed by atoms with Crippen LogP contribution in [0, 0.1) is 5.82 Å². The van der Waals surface area contributed by atoms with E-state index in [0.29, 0.717) is 5.56 Å². The molecule has 0 heterocycles. The fourth-order valence-corrected chi connectivity index (χ4v) is 1.45. The van der Waals surface area contributed by atoms with Crippen LogP contribution in [0.4, 0.5) is 13.2 Å². The van der Waals surface area contributed by atoms with Gasteiger partial charge < -0.3 is 15.2 Å². The first kappa shape index (κ1) is 14.8. The standard InChI is InChI=1S/C12H16F3NO2/c1-7(16-6-10(17)12(14)15)8-3-4-9(13)11(5-8)18-2/h3-5,7,10,12,16-17H,6H2,1-2H3. The molecule has 1 aromatic carbocycles. The molecule has 2 N–H and O–H groups in total. The van der Waals surface area contributed by atoms with Gasteiger partial charge in [0, 0.05) is 12.6 Å². The maximum atomic E-state index is 13.2. The van der Waals surface area contributed by atoms with Crippen molar-refractivity contribution in [2.24, 2.45) is 0 Å². The van der Waals surface area contributed by atoms with E-state index in [4.69, 9.17) is 9.84 Å². The van der Waals surface area contributed by atoms with Crippen LogP contribution in [0.3, 0.4) is 0 Å². The van der Waals surface area contributed by atoms with Crippen LogP contribution in [0.15, 0.2) is 18.2 Å². The molecule has 102 valence electrons. The summed E-state index contributed by atoms with van der Waals surface area (Å²) >= 11 is 0. The summed E-state index contributed by atoms with van der Waals surface area (Å²) in [5.41, 5.74) is 0.690. The molecule has 0 saturated heterocycles. The number of hydrogen-bond acceptors (Lipinski definition) is 3. The molecule has 0 amide bonds. The quantitative estimate of drug-likeness (QED) is 0.826. The topological polar surface area (TPSA) is 41.5 Å². The van der Waals surface area contributed by atoms with Gasteiger partial charge in [0.15, 0.2) is 11.6 Å². The Balaban J connectivity index is 2.64. The SMILES string of the molecule is COc1cc(C(C)NCC(O)C(F)F)ccc1F. The molecule has 3 nitrogen and oxygen atoms in total. The number of nitrogens with one attached hydrogen (secondary N) is 1. The lowest BCUT2D eigenvalue weighted by Gasteiger charge is -2.17. The summed E-state index contributed by atoms with van der Waals surface area (Å²) in [6.45, 7) is 1.49. The van der Waals surface area contributed by atoms with E-state index in [0.717, 1.165) is 0 Å². The van der Waals surface area contributed by atoms with Gasteiger partial charge in [-0.1, -0.05) is 6.07 Å². The van der Waals surface area contributed by atoms with Crippen molar-refractivity contribution in [3.05, 3.63) is 29.6 Å². The second-order valence-corrected chi connectivity index (χ2v) is 3.93. The highest BCUT2D eigenvalue weighted by molar-refractivity contribution is 5.31. The van der Waals surface area contributed by atoms with Crippen molar-refractivity contribution in [3.8, 4) is 5.75 Å². The minimum atomic E-state index is -2.78. The van der Waals surface area contributed by atoms with Gasteiger partial charge in [-0.25, -0.2) is 13.2 Å². The molecule has 0 aromatic heterocycles. The number of aliphatic hydroxyl groups excluding tert-OH is 1. The molecule has 0 fully saturated rings. The first-order valence-electron chi connectivity index (χ1n) is 5.48. The van der Waals surface area contributed by atoms with Crippen molar-refractivity contribution < 1.29 is 23.0 Å². The van der Waals surface area contributed by atoms with Crippen molar-refractivity contribution in [2.75, 3.05) is 13.7 Å². The molecule has 0 aliphatic heterocycles. The van der Waals surface area contributed by atoms with Gasteiger partial charge in [0.1, 0.15) is 6.10 Å². The summed E-state index contributed by atoms with van der Waals surface area (Å²) in [7, 11) is 1.35. The van der Waals surface area contributed by atoms with Crippen LogP contribution in [0.25, 0.3) is 0 Å². The summed E-state index contributed by atoms with van der Waals surface area (Å²) in [6, 6.07) is 3.97. The Morgan fingerprint density at radius 3 is 2.61 bits per heavy atom.